The van der Waals surface area contributed by atoms with Gasteiger partial charge < -0.3 is 0 Å². The molecular formula is C19H20N4O2S. The zero-order valence-corrected chi connectivity index (χ0v) is 15.3. The zero-order valence-electron chi connectivity index (χ0n) is 14.4. The number of hydrogen-bond acceptors (Lipinski definition) is 4. The van der Waals surface area contributed by atoms with Crippen LogP contribution in [0.3, 0.4) is 0 Å². The van der Waals surface area contributed by atoms with Gasteiger partial charge in [-0.3, -0.25) is 19.3 Å². The Balaban J connectivity index is 1.57. The third-order valence-electron chi connectivity index (χ3n) is 3.86. The van der Waals surface area contributed by atoms with E-state index in [4.69, 9.17) is 17.1 Å². The van der Waals surface area contributed by atoms with Crippen LogP contribution >= 0.6 is 12.2 Å². The van der Waals surface area contributed by atoms with Crippen molar-refractivity contribution in [1.82, 2.24) is 20.2 Å². The number of nitrogens with zero attached hydrogens (tertiary/aromatic N) is 2. The van der Waals surface area contributed by atoms with Gasteiger partial charge in [0.1, 0.15) is 0 Å². The van der Waals surface area contributed by atoms with E-state index in [9.17, 15) is 4.79 Å². The van der Waals surface area contributed by atoms with E-state index in [2.05, 4.69) is 15.7 Å². The van der Waals surface area contributed by atoms with Gasteiger partial charge in [0.25, 0.3) is 0 Å². The van der Waals surface area contributed by atoms with Crippen LogP contribution in [0.5, 0.6) is 0 Å². The van der Waals surface area contributed by atoms with E-state index in [1.165, 1.54) is 0 Å². The summed E-state index contributed by atoms with van der Waals surface area (Å²) in [6.07, 6.45) is 0.238. The van der Waals surface area contributed by atoms with Gasteiger partial charge in [-0.15, -0.1) is 0 Å². The van der Waals surface area contributed by atoms with Crippen molar-refractivity contribution in [3.05, 3.63) is 70.5 Å². The Morgan fingerprint density at radius 2 is 2.04 bits per heavy atom. The molecule has 1 heterocycles. The number of H-pyrrole nitrogens is 1. The number of nitrogens with one attached hydrogen (secondary N) is 2. The lowest BCUT2D eigenvalue weighted by atomic mass is 10.1. The summed E-state index contributed by atoms with van der Waals surface area (Å²) in [6, 6.07) is 17.6. The Hall–Kier alpha value is -2.77. The Morgan fingerprint density at radius 1 is 1.23 bits per heavy atom. The Bertz CT molecular complexity index is 934. The molecule has 0 atom stereocenters. The average molecular weight is 368 g/mol. The smallest absolute Gasteiger partial charge is 0.245 e. The third-order valence-corrected chi connectivity index (χ3v) is 4.18. The van der Waals surface area contributed by atoms with Crippen LogP contribution in [0.1, 0.15) is 17.5 Å². The van der Waals surface area contributed by atoms with Gasteiger partial charge in [0.2, 0.25) is 5.91 Å². The maximum atomic E-state index is 12.0. The number of aryl methyl sites for hydroxylation is 1. The van der Waals surface area contributed by atoms with Gasteiger partial charge in [-0.25, -0.2) is 5.48 Å². The molecule has 0 saturated carbocycles. The molecule has 26 heavy (non-hydrogen) atoms. The van der Waals surface area contributed by atoms with Crippen LogP contribution in [0.15, 0.2) is 54.6 Å². The minimum Gasteiger partial charge on any atom is -0.300 e. The number of hydroxylamine groups is 1. The van der Waals surface area contributed by atoms with Crippen LogP contribution in [0.25, 0.3) is 11.4 Å². The standard InChI is InChI=1S/C19H20N4O2S/c1-14-6-5-9-16(12-14)18-20-21-19(26)23(18)11-10-17(24)22-25-13-15-7-3-2-4-8-15/h2-9,12H,10-11,13H2,1H3,(H,21,26)(H,22,24). The second-order valence-corrected chi connectivity index (χ2v) is 6.31. The van der Waals surface area contributed by atoms with E-state index in [0.717, 1.165) is 22.5 Å². The number of aromatic nitrogens is 3. The first-order valence-electron chi connectivity index (χ1n) is 8.30. The van der Waals surface area contributed by atoms with Gasteiger partial charge in [0.15, 0.2) is 10.6 Å². The molecule has 0 fully saturated rings. The molecule has 2 aromatic carbocycles. The lowest BCUT2D eigenvalue weighted by Crippen LogP contribution is -2.24. The van der Waals surface area contributed by atoms with Gasteiger partial charge in [0, 0.05) is 18.5 Å². The summed E-state index contributed by atoms with van der Waals surface area (Å²) in [5, 5.41) is 7.09. The first-order valence-corrected chi connectivity index (χ1v) is 8.71. The van der Waals surface area contributed by atoms with Crippen LogP contribution in [-0.4, -0.2) is 20.7 Å². The van der Waals surface area contributed by atoms with Crippen LogP contribution in [0.4, 0.5) is 0 Å². The molecule has 6 nitrogen and oxygen atoms in total. The lowest BCUT2D eigenvalue weighted by molar-refractivity contribution is -0.134. The van der Waals surface area contributed by atoms with Crippen molar-refractivity contribution in [2.75, 3.05) is 0 Å². The van der Waals surface area contributed by atoms with E-state index < -0.39 is 0 Å². The van der Waals surface area contributed by atoms with Crippen molar-refractivity contribution in [3.8, 4) is 11.4 Å². The number of benzene rings is 2. The molecule has 2 N–H and O–H groups in total. The highest BCUT2D eigenvalue weighted by Gasteiger charge is 2.11. The quantitative estimate of drug-likeness (QED) is 0.494. The SMILES string of the molecule is Cc1cccc(-c2n[nH]c(=S)n2CCC(=O)NOCc2ccccc2)c1. The summed E-state index contributed by atoms with van der Waals surface area (Å²) >= 11 is 5.29. The monoisotopic (exact) mass is 368 g/mol. The highest BCUT2D eigenvalue weighted by atomic mass is 32.1. The number of rotatable bonds is 7. The van der Waals surface area contributed by atoms with Crippen molar-refractivity contribution in [2.45, 2.75) is 26.5 Å². The Labute approximate surface area is 156 Å². The molecule has 3 rings (SSSR count). The fourth-order valence-corrected chi connectivity index (χ4v) is 2.79. The lowest BCUT2D eigenvalue weighted by Gasteiger charge is -2.09. The molecule has 0 saturated heterocycles. The van der Waals surface area contributed by atoms with Gasteiger partial charge >= 0.3 is 0 Å². The first-order chi connectivity index (χ1) is 12.6. The zero-order chi connectivity index (χ0) is 18.4. The number of carbonyl (C=O) groups is 1. The second-order valence-electron chi connectivity index (χ2n) is 5.92. The summed E-state index contributed by atoms with van der Waals surface area (Å²) in [7, 11) is 0. The van der Waals surface area contributed by atoms with Crippen molar-refractivity contribution < 1.29 is 9.63 Å². The predicted octanol–water partition coefficient (Wildman–Crippen LogP) is 3.55. The molecule has 1 aromatic heterocycles. The molecular weight excluding hydrogens is 348 g/mol. The topological polar surface area (TPSA) is 71.9 Å². The fraction of sp³-hybridized carbons (Fsp3) is 0.211. The minimum absolute atomic E-state index is 0.209. The van der Waals surface area contributed by atoms with Crippen LogP contribution in [-0.2, 0) is 22.8 Å². The van der Waals surface area contributed by atoms with Crippen LogP contribution in [0, 0.1) is 11.7 Å². The highest BCUT2D eigenvalue weighted by Crippen LogP contribution is 2.18. The first kappa shape index (κ1) is 18.0. The van der Waals surface area contributed by atoms with Crippen molar-refractivity contribution in [3.63, 3.8) is 0 Å². The molecule has 0 bridgehead atoms. The van der Waals surface area contributed by atoms with Crippen molar-refractivity contribution in [1.29, 1.82) is 0 Å². The Kier molecular flexibility index (Phi) is 5.93. The summed E-state index contributed by atoms with van der Waals surface area (Å²) in [4.78, 5) is 17.3. The van der Waals surface area contributed by atoms with E-state index in [1.807, 2.05) is 66.1 Å². The molecule has 0 aliphatic rings. The summed E-state index contributed by atoms with van der Waals surface area (Å²) < 4.78 is 2.31. The van der Waals surface area contributed by atoms with Crippen LogP contribution in [0.2, 0.25) is 0 Å². The maximum Gasteiger partial charge on any atom is 0.245 e. The van der Waals surface area contributed by atoms with E-state index in [0.29, 0.717) is 17.9 Å². The largest absolute Gasteiger partial charge is 0.300 e. The molecule has 0 aliphatic heterocycles. The molecule has 0 spiro atoms. The summed E-state index contributed by atoms with van der Waals surface area (Å²) in [5.41, 5.74) is 5.55. The molecule has 3 aromatic rings. The Morgan fingerprint density at radius 3 is 2.81 bits per heavy atom. The molecule has 7 heteroatoms. The van der Waals surface area contributed by atoms with Gasteiger partial charge in [-0.1, -0.05) is 54.1 Å². The normalized spacial score (nSPS) is 10.7. The van der Waals surface area contributed by atoms with E-state index in [1.54, 1.807) is 0 Å². The molecule has 0 aliphatic carbocycles. The van der Waals surface area contributed by atoms with Crippen LogP contribution < -0.4 is 5.48 Å². The average Bonchev–Trinajstić information content (AvgIpc) is 3.01. The number of aromatic amines is 1. The molecule has 0 radical (unpaired) electrons. The third kappa shape index (κ3) is 4.65. The van der Waals surface area contributed by atoms with Gasteiger partial charge in [-0.05, 0) is 30.8 Å². The summed E-state index contributed by atoms with van der Waals surface area (Å²) in [5.74, 6) is 0.510. The number of hydrogen-bond donors (Lipinski definition) is 2. The fourth-order valence-electron chi connectivity index (χ4n) is 2.57. The predicted molar refractivity (Wildman–Crippen MR) is 102 cm³/mol. The van der Waals surface area contributed by atoms with E-state index >= 15 is 0 Å². The highest BCUT2D eigenvalue weighted by molar-refractivity contribution is 7.71. The van der Waals surface area contributed by atoms with Crippen molar-refractivity contribution in [2.24, 2.45) is 0 Å². The molecule has 134 valence electrons. The second kappa shape index (κ2) is 8.55. The minimum atomic E-state index is -0.209. The molecule has 1 amide bonds. The van der Waals surface area contributed by atoms with Crippen molar-refractivity contribution >= 4 is 18.1 Å². The number of carbonyl (C=O) groups excluding carboxylic acids is 1. The maximum absolute atomic E-state index is 12.0. The van der Waals surface area contributed by atoms with Gasteiger partial charge in [-0.2, -0.15) is 5.10 Å². The van der Waals surface area contributed by atoms with Gasteiger partial charge in [0.05, 0.1) is 6.61 Å². The number of amides is 1. The van der Waals surface area contributed by atoms with E-state index in [-0.39, 0.29) is 12.3 Å². The molecule has 0 unspecified atom stereocenters. The summed E-state index contributed by atoms with van der Waals surface area (Å²) in [6.45, 7) is 2.76.